The van der Waals surface area contributed by atoms with Gasteiger partial charge in [-0.05, 0) is 36.6 Å². The van der Waals surface area contributed by atoms with Crippen LogP contribution in [0.1, 0.15) is 30.0 Å². The van der Waals surface area contributed by atoms with E-state index in [0.717, 1.165) is 41.3 Å². The molecular formula is C21H18F2N4OS. The van der Waals surface area contributed by atoms with Crippen molar-refractivity contribution in [2.75, 3.05) is 5.75 Å². The molecule has 2 aliphatic rings. The van der Waals surface area contributed by atoms with Crippen molar-refractivity contribution in [3.63, 3.8) is 0 Å². The highest BCUT2D eigenvalue weighted by Gasteiger charge is 2.38. The molecule has 1 fully saturated rings. The van der Waals surface area contributed by atoms with E-state index in [2.05, 4.69) is 9.97 Å². The second-order valence-corrected chi connectivity index (χ2v) is 8.28. The zero-order chi connectivity index (χ0) is 20.0. The van der Waals surface area contributed by atoms with Crippen LogP contribution in [0.5, 0.6) is 0 Å². The molecule has 5 nitrogen and oxygen atoms in total. The molecule has 0 radical (unpaired) electrons. The van der Waals surface area contributed by atoms with Crippen LogP contribution >= 0.6 is 11.8 Å². The number of rotatable bonds is 4. The monoisotopic (exact) mass is 412 g/mol. The van der Waals surface area contributed by atoms with Crippen LogP contribution in [0, 0.1) is 11.6 Å². The Bertz CT molecular complexity index is 1120. The first kappa shape index (κ1) is 18.3. The highest BCUT2D eigenvalue weighted by Crippen LogP contribution is 2.38. The zero-order valence-corrected chi connectivity index (χ0v) is 16.3. The minimum Gasteiger partial charge on any atom is -0.346 e. The zero-order valence-electron chi connectivity index (χ0n) is 15.4. The third kappa shape index (κ3) is 3.53. The fourth-order valence-corrected chi connectivity index (χ4v) is 4.77. The maximum Gasteiger partial charge on any atom is 0.233 e. The lowest BCUT2D eigenvalue weighted by Crippen LogP contribution is -2.37. The Morgan fingerprint density at radius 2 is 2.14 bits per heavy atom. The number of carbonyl (C=O) groups is 1. The standard InChI is InChI=1S/C21H18F2N4OS/c22-13-4-3-12(17(23)9-13)8-19(28)27(14-5-6-14)21-26-18(11-29-21)16-10-25-20-15(16)2-1-7-24-20/h1-4,7,9-10,14,18H,5-6,8,11H2,(H,24,25). The molecular weight excluding hydrogens is 394 g/mol. The van der Waals surface area contributed by atoms with Crippen LogP contribution in [0.25, 0.3) is 11.0 Å². The third-order valence-electron chi connectivity index (χ3n) is 5.22. The van der Waals surface area contributed by atoms with Crippen molar-refractivity contribution in [1.29, 1.82) is 0 Å². The lowest BCUT2D eigenvalue weighted by Gasteiger charge is -2.21. The summed E-state index contributed by atoms with van der Waals surface area (Å²) in [6.45, 7) is 0. The molecule has 148 valence electrons. The van der Waals surface area contributed by atoms with Gasteiger partial charge in [-0.1, -0.05) is 17.8 Å². The quantitative estimate of drug-likeness (QED) is 0.698. The second kappa shape index (κ2) is 7.26. The molecule has 1 aliphatic carbocycles. The molecule has 1 amide bonds. The fraction of sp³-hybridized carbons (Fsp3) is 0.286. The van der Waals surface area contributed by atoms with E-state index in [1.165, 1.54) is 12.1 Å². The Labute approximate surface area is 170 Å². The summed E-state index contributed by atoms with van der Waals surface area (Å²) in [5.74, 6) is -0.812. The van der Waals surface area contributed by atoms with Crippen molar-refractivity contribution >= 4 is 33.9 Å². The van der Waals surface area contributed by atoms with Gasteiger partial charge in [0.2, 0.25) is 5.91 Å². The molecule has 3 heterocycles. The topological polar surface area (TPSA) is 61.4 Å². The van der Waals surface area contributed by atoms with E-state index in [9.17, 15) is 13.6 Å². The number of fused-ring (bicyclic) bond motifs is 1. The van der Waals surface area contributed by atoms with Crippen LogP contribution in [-0.4, -0.2) is 37.7 Å². The minimum absolute atomic E-state index is 0.0652. The summed E-state index contributed by atoms with van der Waals surface area (Å²) in [7, 11) is 0. The Morgan fingerprint density at radius 1 is 1.28 bits per heavy atom. The van der Waals surface area contributed by atoms with E-state index >= 15 is 0 Å². The number of nitrogens with zero attached hydrogens (tertiary/aromatic N) is 3. The van der Waals surface area contributed by atoms with E-state index in [4.69, 9.17) is 4.99 Å². The van der Waals surface area contributed by atoms with E-state index in [-0.39, 0.29) is 30.0 Å². The molecule has 5 rings (SSSR count). The molecule has 29 heavy (non-hydrogen) atoms. The van der Waals surface area contributed by atoms with Crippen molar-refractivity contribution in [3.05, 3.63) is 65.5 Å². The second-order valence-electron chi connectivity index (χ2n) is 7.29. The number of aromatic amines is 1. The number of halogens is 2. The molecule has 1 aliphatic heterocycles. The van der Waals surface area contributed by atoms with Gasteiger partial charge in [-0.3, -0.25) is 14.7 Å². The number of nitrogens with one attached hydrogen (secondary N) is 1. The number of benzene rings is 1. The minimum atomic E-state index is -0.695. The summed E-state index contributed by atoms with van der Waals surface area (Å²) in [5.41, 5.74) is 2.08. The van der Waals surface area contributed by atoms with Gasteiger partial charge >= 0.3 is 0 Å². The SMILES string of the molecule is O=C(Cc1ccc(F)cc1F)N(C1=NC(c2c[nH]c3ncccc23)CS1)C1CC1. The summed E-state index contributed by atoms with van der Waals surface area (Å²) in [6.07, 6.45) is 5.39. The van der Waals surface area contributed by atoms with Gasteiger partial charge in [0.15, 0.2) is 5.17 Å². The largest absolute Gasteiger partial charge is 0.346 e. The third-order valence-corrected chi connectivity index (χ3v) is 6.26. The Kier molecular flexibility index (Phi) is 4.58. The molecule has 0 bridgehead atoms. The van der Waals surface area contributed by atoms with Crippen molar-refractivity contribution in [2.45, 2.75) is 31.3 Å². The Balaban J connectivity index is 1.40. The van der Waals surface area contributed by atoms with Crippen molar-refractivity contribution in [1.82, 2.24) is 14.9 Å². The fourth-order valence-electron chi connectivity index (χ4n) is 3.62. The molecule has 0 spiro atoms. The lowest BCUT2D eigenvalue weighted by atomic mass is 10.1. The molecule has 1 saturated carbocycles. The van der Waals surface area contributed by atoms with E-state index < -0.39 is 11.6 Å². The van der Waals surface area contributed by atoms with Crippen molar-refractivity contribution in [3.8, 4) is 0 Å². The molecule has 1 unspecified atom stereocenters. The number of amides is 1. The van der Waals surface area contributed by atoms with Gasteiger partial charge in [0, 0.05) is 41.2 Å². The van der Waals surface area contributed by atoms with Crippen LogP contribution in [0.3, 0.4) is 0 Å². The first-order valence-electron chi connectivity index (χ1n) is 9.49. The summed E-state index contributed by atoms with van der Waals surface area (Å²) >= 11 is 1.55. The molecule has 1 aromatic carbocycles. The summed E-state index contributed by atoms with van der Waals surface area (Å²) in [4.78, 5) is 27.0. The van der Waals surface area contributed by atoms with Gasteiger partial charge in [-0.15, -0.1) is 0 Å². The number of hydrogen-bond donors (Lipinski definition) is 1. The van der Waals surface area contributed by atoms with Gasteiger partial charge in [-0.25, -0.2) is 13.8 Å². The number of pyridine rings is 1. The molecule has 3 aromatic rings. The van der Waals surface area contributed by atoms with E-state index in [1.54, 1.807) is 22.9 Å². The van der Waals surface area contributed by atoms with Crippen LogP contribution in [0.15, 0.2) is 47.7 Å². The number of H-pyrrole nitrogens is 1. The highest BCUT2D eigenvalue weighted by atomic mass is 32.2. The van der Waals surface area contributed by atoms with Crippen LogP contribution in [-0.2, 0) is 11.2 Å². The average Bonchev–Trinajstić information content (AvgIpc) is 3.25. The predicted octanol–water partition coefficient (Wildman–Crippen LogP) is 4.22. The maximum absolute atomic E-state index is 14.0. The molecule has 2 aromatic heterocycles. The summed E-state index contributed by atoms with van der Waals surface area (Å²) in [6, 6.07) is 7.27. The normalized spacial score (nSPS) is 18.8. The number of thioether (sulfide) groups is 1. The molecule has 0 saturated heterocycles. The first-order valence-corrected chi connectivity index (χ1v) is 10.5. The van der Waals surface area contributed by atoms with Gasteiger partial charge in [0.1, 0.15) is 17.3 Å². The number of carbonyl (C=O) groups excluding carboxylic acids is 1. The Hall–Kier alpha value is -2.74. The molecule has 8 heteroatoms. The number of aliphatic imine (C=N–C) groups is 1. The van der Waals surface area contributed by atoms with Gasteiger partial charge in [-0.2, -0.15) is 0 Å². The number of aromatic nitrogens is 2. The highest BCUT2D eigenvalue weighted by molar-refractivity contribution is 8.14. The smallest absolute Gasteiger partial charge is 0.233 e. The average molecular weight is 412 g/mol. The van der Waals surface area contributed by atoms with E-state index in [1.807, 2.05) is 18.3 Å². The van der Waals surface area contributed by atoms with Crippen LogP contribution in [0.4, 0.5) is 8.78 Å². The summed E-state index contributed by atoms with van der Waals surface area (Å²) < 4.78 is 27.2. The Morgan fingerprint density at radius 3 is 2.93 bits per heavy atom. The van der Waals surface area contributed by atoms with Gasteiger partial charge in [0.25, 0.3) is 0 Å². The van der Waals surface area contributed by atoms with Gasteiger partial charge < -0.3 is 4.98 Å². The van der Waals surface area contributed by atoms with Crippen LogP contribution in [0.2, 0.25) is 0 Å². The maximum atomic E-state index is 14.0. The van der Waals surface area contributed by atoms with Crippen molar-refractivity contribution < 1.29 is 13.6 Å². The summed E-state index contributed by atoms with van der Waals surface area (Å²) in [5, 5.41) is 1.71. The number of hydrogen-bond acceptors (Lipinski definition) is 4. The predicted molar refractivity (Wildman–Crippen MR) is 109 cm³/mol. The molecule has 1 atom stereocenters. The first-order chi connectivity index (χ1) is 14.1. The van der Waals surface area contributed by atoms with Crippen molar-refractivity contribution in [2.24, 2.45) is 4.99 Å². The molecule has 1 N–H and O–H groups in total. The van der Waals surface area contributed by atoms with E-state index in [0.29, 0.717) is 5.17 Å². The lowest BCUT2D eigenvalue weighted by molar-refractivity contribution is -0.127. The number of amidine groups is 1. The van der Waals surface area contributed by atoms with Crippen LogP contribution < -0.4 is 0 Å². The van der Waals surface area contributed by atoms with Gasteiger partial charge in [0.05, 0.1) is 12.5 Å².